The average molecular weight is 450 g/mol. The van der Waals surface area contributed by atoms with Crippen LogP contribution in [0.15, 0.2) is 23.1 Å². The molecule has 1 aliphatic heterocycles. The maximum absolute atomic E-state index is 13.0. The fraction of sp³-hybridized carbons (Fsp3) is 0.429. The Bertz CT molecular complexity index is 1100. The van der Waals surface area contributed by atoms with Gasteiger partial charge < -0.3 is 19.8 Å². The number of sulfonamides is 1. The third kappa shape index (κ3) is 4.45. The van der Waals surface area contributed by atoms with Crippen molar-refractivity contribution in [3.8, 4) is 5.75 Å². The summed E-state index contributed by atoms with van der Waals surface area (Å²) in [5, 5.41) is 2.70. The Morgan fingerprint density at radius 3 is 2.39 bits per heavy atom. The highest BCUT2D eigenvalue weighted by Gasteiger charge is 2.28. The second-order valence-corrected chi connectivity index (χ2v) is 9.34. The second kappa shape index (κ2) is 9.11. The van der Waals surface area contributed by atoms with Gasteiger partial charge in [-0.3, -0.25) is 4.79 Å². The van der Waals surface area contributed by atoms with Gasteiger partial charge in [0.25, 0.3) is 5.91 Å². The Labute approximate surface area is 181 Å². The first-order valence-corrected chi connectivity index (χ1v) is 11.4. The molecule has 2 heterocycles. The molecule has 1 fully saturated rings. The molecule has 0 saturated carbocycles. The Morgan fingerprint density at radius 2 is 1.77 bits per heavy atom. The lowest BCUT2D eigenvalue weighted by atomic mass is 10.1. The number of carbonyl (C=O) groups is 2. The van der Waals surface area contributed by atoms with Crippen molar-refractivity contribution >= 4 is 27.6 Å². The van der Waals surface area contributed by atoms with E-state index in [0.717, 1.165) is 19.3 Å². The predicted molar refractivity (Wildman–Crippen MR) is 115 cm³/mol. The lowest BCUT2D eigenvalue weighted by Gasteiger charge is -2.26. The number of hydrogen-bond acceptors (Lipinski definition) is 6. The zero-order chi connectivity index (χ0) is 22.8. The molecule has 0 bridgehead atoms. The number of piperidine rings is 1. The molecule has 2 aromatic rings. The lowest BCUT2D eigenvalue weighted by Crippen LogP contribution is -2.35. The van der Waals surface area contributed by atoms with Crippen LogP contribution in [0.25, 0.3) is 0 Å². The topological polar surface area (TPSA) is 118 Å². The van der Waals surface area contributed by atoms with Crippen molar-refractivity contribution in [3.63, 3.8) is 0 Å². The fourth-order valence-corrected chi connectivity index (χ4v) is 5.31. The molecule has 1 aliphatic rings. The largest absolute Gasteiger partial charge is 0.495 e. The molecule has 0 spiro atoms. The summed E-state index contributed by atoms with van der Waals surface area (Å²) in [5.74, 6) is -0.751. The third-order valence-electron chi connectivity index (χ3n) is 5.43. The molecule has 9 nitrogen and oxygen atoms in total. The fourth-order valence-electron chi connectivity index (χ4n) is 3.77. The van der Waals surface area contributed by atoms with Crippen molar-refractivity contribution in [1.82, 2.24) is 9.29 Å². The van der Waals surface area contributed by atoms with Gasteiger partial charge in [0.2, 0.25) is 10.0 Å². The Balaban J connectivity index is 1.93. The summed E-state index contributed by atoms with van der Waals surface area (Å²) >= 11 is 0. The van der Waals surface area contributed by atoms with Gasteiger partial charge in [0, 0.05) is 18.8 Å². The van der Waals surface area contributed by atoms with E-state index in [1.807, 2.05) is 0 Å². The number of aromatic nitrogens is 1. The molecular formula is C21H27N3O6S. The molecule has 1 aromatic carbocycles. The third-order valence-corrected chi connectivity index (χ3v) is 7.32. The molecule has 0 radical (unpaired) electrons. The van der Waals surface area contributed by atoms with E-state index in [0.29, 0.717) is 35.7 Å². The van der Waals surface area contributed by atoms with Gasteiger partial charge in [0.1, 0.15) is 11.4 Å². The molecule has 1 aromatic heterocycles. The minimum Gasteiger partial charge on any atom is -0.495 e. The summed E-state index contributed by atoms with van der Waals surface area (Å²) in [6.45, 7) is 4.27. The van der Waals surface area contributed by atoms with E-state index in [1.165, 1.54) is 36.7 Å². The Morgan fingerprint density at radius 1 is 1.10 bits per heavy atom. The van der Waals surface area contributed by atoms with Crippen LogP contribution < -0.4 is 10.1 Å². The summed E-state index contributed by atoms with van der Waals surface area (Å²) in [6.07, 6.45) is 2.67. The number of aromatic amines is 1. The van der Waals surface area contributed by atoms with Gasteiger partial charge in [-0.25, -0.2) is 13.2 Å². The number of benzene rings is 1. The first kappa shape index (κ1) is 22.8. The van der Waals surface area contributed by atoms with Crippen LogP contribution in [0.1, 0.15) is 51.4 Å². The molecule has 0 aliphatic carbocycles. The number of hydrogen-bond donors (Lipinski definition) is 2. The molecule has 168 valence electrons. The van der Waals surface area contributed by atoms with Gasteiger partial charge in [0.15, 0.2) is 0 Å². The van der Waals surface area contributed by atoms with Gasteiger partial charge in [-0.15, -0.1) is 0 Å². The van der Waals surface area contributed by atoms with E-state index in [-0.39, 0.29) is 16.3 Å². The molecule has 3 rings (SSSR count). The quantitative estimate of drug-likeness (QED) is 0.655. The van der Waals surface area contributed by atoms with Gasteiger partial charge in [0.05, 0.1) is 30.4 Å². The highest BCUT2D eigenvalue weighted by Crippen LogP contribution is 2.31. The molecule has 1 saturated heterocycles. The van der Waals surface area contributed by atoms with Crippen LogP contribution >= 0.6 is 0 Å². The van der Waals surface area contributed by atoms with Crippen molar-refractivity contribution in [1.29, 1.82) is 0 Å². The van der Waals surface area contributed by atoms with Crippen molar-refractivity contribution in [2.24, 2.45) is 0 Å². The Kier molecular flexibility index (Phi) is 6.71. The zero-order valence-corrected chi connectivity index (χ0v) is 18.9. The molecular weight excluding hydrogens is 422 g/mol. The zero-order valence-electron chi connectivity index (χ0n) is 18.1. The summed E-state index contributed by atoms with van der Waals surface area (Å²) < 4.78 is 37.6. The average Bonchev–Trinajstić information content (AvgIpc) is 3.07. The second-order valence-electron chi connectivity index (χ2n) is 7.40. The van der Waals surface area contributed by atoms with Crippen LogP contribution in [0.4, 0.5) is 5.69 Å². The number of nitrogens with one attached hydrogen (secondary N) is 2. The summed E-state index contributed by atoms with van der Waals surface area (Å²) in [4.78, 5) is 27.9. The summed E-state index contributed by atoms with van der Waals surface area (Å²) in [6, 6.07) is 4.38. The van der Waals surface area contributed by atoms with Crippen LogP contribution in [0.2, 0.25) is 0 Å². The number of methoxy groups -OCH3 is 2. The molecule has 2 N–H and O–H groups in total. The summed E-state index contributed by atoms with van der Waals surface area (Å²) in [5.41, 5.74) is 1.64. The van der Waals surface area contributed by atoms with E-state index in [4.69, 9.17) is 9.47 Å². The van der Waals surface area contributed by atoms with Crippen LogP contribution in [0, 0.1) is 13.8 Å². The number of esters is 1. The van der Waals surface area contributed by atoms with Gasteiger partial charge >= 0.3 is 5.97 Å². The lowest BCUT2D eigenvalue weighted by molar-refractivity contribution is 0.0599. The highest BCUT2D eigenvalue weighted by molar-refractivity contribution is 7.89. The van der Waals surface area contributed by atoms with E-state index < -0.39 is 21.9 Å². The van der Waals surface area contributed by atoms with Crippen molar-refractivity contribution in [3.05, 3.63) is 40.7 Å². The van der Waals surface area contributed by atoms with Crippen molar-refractivity contribution < 1.29 is 27.5 Å². The van der Waals surface area contributed by atoms with Crippen molar-refractivity contribution in [2.75, 3.05) is 32.6 Å². The minimum absolute atomic E-state index is 0.0835. The summed E-state index contributed by atoms with van der Waals surface area (Å²) in [7, 11) is -0.973. The number of nitrogens with zero attached hydrogens (tertiary/aromatic N) is 1. The van der Waals surface area contributed by atoms with E-state index >= 15 is 0 Å². The van der Waals surface area contributed by atoms with Crippen LogP contribution in [-0.4, -0.2) is 56.9 Å². The monoisotopic (exact) mass is 449 g/mol. The number of rotatable bonds is 6. The van der Waals surface area contributed by atoms with E-state index in [1.54, 1.807) is 13.8 Å². The SMILES string of the molecule is COC(=O)c1c(C)[nH]c(C(=O)Nc2cc(S(=O)(=O)N3CCCCC3)ccc2OC)c1C. The molecule has 1 amide bonds. The molecule has 10 heteroatoms. The maximum atomic E-state index is 13.0. The highest BCUT2D eigenvalue weighted by atomic mass is 32.2. The number of H-pyrrole nitrogens is 1. The van der Waals surface area contributed by atoms with Crippen LogP contribution in [0.5, 0.6) is 5.75 Å². The standard InChI is InChI=1S/C21H27N3O6S/c1-13-18(21(26)30-4)14(2)22-19(13)20(25)23-16-12-15(8-9-17(16)29-3)31(27,28)24-10-6-5-7-11-24/h8-9,12,22H,5-7,10-11H2,1-4H3,(H,23,25). The predicted octanol–water partition coefficient (Wildman–Crippen LogP) is 2.85. The number of aryl methyl sites for hydroxylation is 1. The minimum atomic E-state index is -3.68. The van der Waals surface area contributed by atoms with Gasteiger partial charge in [-0.1, -0.05) is 6.42 Å². The first-order valence-electron chi connectivity index (χ1n) is 9.97. The number of carbonyl (C=O) groups excluding carboxylic acids is 2. The van der Waals surface area contributed by atoms with Gasteiger partial charge in [-0.05, 0) is 50.5 Å². The van der Waals surface area contributed by atoms with E-state index in [9.17, 15) is 18.0 Å². The normalized spacial score (nSPS) is 14.8. The van der Waals surface area contributed by atoms with E-state index in [2.05, 4.69) is 10.3 Å². The van der Waals surface area contributed by atoms with Crippen molar-refractivity contribution in [2.45, 2.75) is 38.0 Å². The Hall–Kier alpha value is -2.85. The molecule has 0 atom stereocenters. The van der Waals surface area contributed by atoms with Crippen LogP contribution in [-0.2, 0) is 14.8 Å². The van der Waals surface area contributed by atoms with Gasteiger partial charge in [-0.2, -0.15) is 4.31 Å². The first-order chi connectivity index (χ1) is 14.7. The molecule has 31 heavy (non-hydrogen) atoms. The molecule has 0 unspecified atom stereocenters. The number of amides is 1. The number of anilines is 1. The van der Waals surface area contributed by atoms with Crippen LogP contribution in [0.3, 0.4) is 0 Å². The maximum Gasteiger partial charge on any atom is 0.339 e. The number of ether oxygens (including phenoxy) is 2. The smallest absolute Gasteiger partial charge is 0.339 e.